The molecule has 3 aromatic rings. The maximum atomic E-state index is 12.7. The van der Waals surface area contributed by atoms with E-state index in [1.54, 1.807) is 29.9 Å². The van der Waals surface area contributed by atoms with Crippen molar-refractivity contribution in [2.45, 2.75) is 25.9 Å². The largest absolute Gasteiger partial charge is 0.307 e. The normalized spacial score (nSPS) is 12.0. The second-order valence-corrected chi connectivity index (χ2v) is 7.29. The molecule has 2 heterocycles. The lowest BCUT2D eigenvalue weighted by molar-refractivity contribution is -0.385. The standard InChI is InChI=1S/C17H16BrClN6O3/c1-2-15(24-9-13(7-20-24)25(27)28)17(26)21-16-14(18)10-23(22-16)8-11-3-5-12(19)6-4-11/h3-7,9-10,15H,2,8H2,1H3,(H,21,22,26). The fourth-order valence-electron chi connectivity index (χ4n) is 2.62. The second kappa shape index (κ2) is 8.53. The summed E-state index contributed by atoms with van der Waals surface area (Å²) >= 11 is 9.28. The van der Waals surface area contributed by atoms with Crippen molar-refractivity contribution >= 4 is 44.9 Å². The summed E-state index contributed by atoms with van der Waals surface area (Å²) in [6, 6.07) is 6.70. The van der Waals surface area contributed by atoms with Crippen molar-refractivity contribution in [3.05, 3.63) is 68.0 Å². The van der Waals surface area contributed by atoms with Crippen LogP contribution in [0, 0.1) is 10.1 Å². The van der Waals surface area contributed by atoms with Crippen molar-refractivity contribution in [2.75, 3.05) is 5.32 Å². The van der Waals surface area contributed by atoms with E-state index in [0.29, 0.717) is 28.3 Å². The molecule has 1 N–H and O–H groups in total. The number of carbonyl (C=O) groups is 1. The van der Waals surface area contributed by atoms with Gasteiger partial charge in [-0.05, 0) is 40.0 Å². The van der Waals surface area contributed by atoms with Crippen molar-refractivity contribution in [1.29, 1.82) is 0 Å². The number of rotatable bonds is 7. The van der Waals surface area contributed by atoms with Gasteiger partial charge in [0.15, 0.2) is 5.82 Å². The monoisotopic (exact) mass is 466 g/mol. The molecule has 11 heteroatoms. The fraction of sp³-hybridized carbons (Fsp3) is 0.235. The van der Waals surface area contributed by atoms with E-state index in [1.165, 1.54) is 10.9 Å². The van der Waals surface area contributed by atoms with Crippen LogP contribution < -0.4 is 5.32 Å². The first-order valence-electron chi connectivity index (χ1n) is 8.34. The minimum Gasteiger partial charge on any atom is -0.306 e. The molecule has 0 radical (unpaired) electrons. The molecule has 1 aromatic carbocycles. The Morgan fingerprint density at radius 2 is 2.07 bits per heavy atom. The number of nitrogens with zero attached hydrogens (tertiary/aromatic N) is 5. The maximum absolute atomic E-state index is 12.7. The van der Waals surface area contributed by atoms with E-state index in [2.05, 4.69) is 31.4 Å². The average Bonchev–Trinajstić information content (AvgIpc) is 3.25. The number of carbonyl (C=O) groups excluding carboxylic acids is 1. The summed E-state index contributed by atoms with van der Waals surface area (Å²) in [5, 5.41) is 22.5. The number of aromatic nitrogens is 4. The molecule has 1 amide bonds. The van der Waals surface area contributed by atoms with Gasteiger partial charge in [0.05, 0.1) is 15.9 Å². The van der Waals surface area contributed by atoms with Crippen molar-refractivity contribution in [3.63, 3.8) is 0 Å². The molecule has 0 bridgehead atoms. The van der Waals surface area contributed by atoms with Crippen LogP contribution in [0.4, 0.5) is 11.5 Å². The van der Waals surface area contributed by atoms with Crippen LogP contribution in [0.3, 0.4) is 0 Å². The minimum atomic E-state index is -0.693. The van der Waals surface area contributed by atoms with E-state index in [4.69, 9.17) is 11.6 Å². The van der Waals surface area contributed by atoms with Crippen LogP contribution in [0.2, 0.25) is 5.02 Å². The molecule has 0 spiro atoms. The molecule has 0 saturated heterocycles. The van der Waals surface area contributed by atoms with Crippen molar-refractivity contribution in [2.24, 2.45) is 0 Å². The van der Waals surface area contributed by atoms with Crippen LogP contribution in [-0.4, -0.2) is 30.4 Å². The van der Waals surface area contributed by atoms with Gasteiger partial charge in [-0.15, -0.1) is 0 Å². The van der Waals surface area contributed by atoms with Gasteiger partial charge in [-0.3, -0.25) is 24.3 Å². The number of nitrogens with one attached hydrogen (secondary N) is 1. The van der Waals surface area contributed by atoms with E-state index in [0.717, 1.165) is 11.8 Å². The zero-order valence-electron chi connectivity index (χ0n) is 14.7. The predicted molar refractivity (Wildman–Crippen MR) is 107 cm³/mol. The first-order chi connectivity index (χ1) is 13.4. The number of nitro groups is 1. The Balaban J connectivity index is 1.72. The highest BCUT2D eigenvalue weighted by molar-refractivity contribution is 9.10. The molecule has 1 unspecified atom stereocenters. The van der Waals surface area contributed by atoms with Crippen LogP contribution in [0.1, 0.15) is 24.9 Å². The number of hydrogen-bond acceptors (Lipinski definition) is 5. The highest BCUT2D eigenvalue weighted by Crippen LogP contribution is 2.23. The number of amides is 1. The smallest absolute Gasteiger partial charge is 0.306 e. The van der Waals surface area contributed by atoms with Crippen molar-refractivity contribution < 1.29 is 9.72 Å². The summed E-state index contributed by atoms with van der Waals surface area (Å²) in [5.41, 5.74) is 0.840. The quantitative estimate of drug-likeness (QED) is 0.417. The number of benzene rings is 1. The Labute approximate surface area is 173 Å². The highest BCUT2D eigenvalue weighted by atomic mass is 79.9. The van der Waals surface area contributed by atoms with Crippen LogP contribution in [0.15, 0.2) is 47.3 Å². The minimum absolute atomic E-state index is 0.167. The van der Waals surface area contributed by atoms with Crippen LogP contribution in [-0.2, 0) is 11.3 Å². The Morgan fingerprint density at radius 3 is 2.68 bits per heavy atom. The fourth-order valence-corrected chi connectivity index (χ4v) is 3.17. The van der Waals surface area contributed by atoms with Gasteiger partial charge in [0, 0.05) is 11.2 Å². The summed E-state index contributed by atoms with van der Waals surface area (Å²) in [6.45, 7) is 2.31. The number of hydrogen-bond donors (Lipinski definition) is 1. The van der Waals surface area contributed by atoms with E-state index in [-0.39, 0.29) is 11.6 Å². The maximum Gasteiger partial charge on any atom is 0.307 e. The summed E-state index contributed by atoms with van der Waals surface area (Å²) in [7, 11) is 0. The topological polar surface area (TPSA) is 108 Å². The molecule has 0 aliphatic rings. The van der Waals surface area contributed by atoms with Gasteiger partial charge in [0.2, 0.25) is 5.91 Å². The second-order valence-electron chi connectivity index (χ2n) is 6.00. The van der Waals surface area contributed by atoms with Gasteiger partial charge in [-0.1, -0.05) is 30.7 Å². The van der Waals surface area contributed by atoms with Gasteiger partial charge in [-0.2, -0.15) is 10.2 Å². The summed E-state index contributed by atoms with van der Waals surface area (Å²) in [5.74, 6) is -0.00277. The zero-order chi connectivity index (χ0) is 20.3. The molecule has 0 aliphatic heterocycles. The molecule has 9 nitrogen and oxygen atoms in total. The van der Waals surface area contributed by atoms with E-state index in [1.807, 2.05) is 12.1 Å². The highest BCUT2D eigenvalue weighted by Gasteiger charge is 2.23. The first-order valence-corrected chi connectivity index (χ1v) is 9.51. The third-order valence-electron chi connectivity index (χ3n) is 4.02. The van der Waals surface area contributed by atoms with E-state index < -0.39 is 11.0 Å². The molecule has 0 saturated carbocycles. The summed E-state index contributed by atoms with van der Waals surface area (Å²) in [4.78, 5) is 22.9. The molecule has 2 aromatic heterocycles. The molecule has 146 valence electrons. The van der Waals surface area contributed by atoms with Gasteiger partial charge < -0.3 is 5.32 Å². The molecule has 0 aliphatic carbocycles. The van der Waals surface area contributed by atoms with Crippen LogP contribution >= 0.6 is 27.5 Å². The molecular formula is C17H16BrClN6O3. The predicted octanol–water partition coefficient (Wildman–Crippen LogP) is 4.04. The van der Waals surface area contributed by atoms with Gasteiger partial charge in [0.25, 0.3) is 0 Å². The summed E-state index contributed by atoms with van der Waals surface area (Å²) in [6.07, 6.45) is 4.52. The van der Waals surface area contributed by atoms with Crippen LogP contribution in [0.5, 0.6) is 0 Å². The molecule has 1 atom stereocenters. The lowest BCUT2D eigenvalue weighted by Crippen LogP contribution is -2.26. The zero-order valence-corrected chi connectivity index (χ0v) is 17.1. The van der Waals surface area contributed by atoms with Crippen LogP contribution in [0.25, 0.3) is 0 Å². The SMILES string of the molecule is CCC(C(=O)Nc1nn(Cc2ccc(Cl)cc2)cc1Br)n1cc([N+](=O)[O-])cn1. The van der Waals surface area contributed by atoms with E-state index >= 15 is 0 Å². The lowest BCUT2D eigenvalue weighted by Gasteiger charge is -2.14. The number of halogens is 2. The Bertz CT molecular complexity index is 1000. The van der Waals surface area contributed by atoms with Gasteiger partial charge >= 0.3 is 5.69 Å². The number of anilines is 1. The van der Waals surface area contributed by atoms with Crippen molar-refractivity contribution in [3.8, 4) is 0 Å². The van der Waals surface area contributed by atoms with Gasteiger partial charge in [0.1, 0.15) is 18.4 Å². The third-order valence-corrected chi connectivity index (χ3v) is 4.86. The molecule has 0 fully saturated rings. The molecule has 3 rings (SSSR count). The molecular weight excluding hydrogens is 452 g/mol. The Hall–Kier alpha value is -2.72. The van der Waals surface area contributed by atoms with E-state index in [9.17, 15) is 14.9 Å². The van der Waals surface area contributed by atoms with Gasteiger partial charge in [-0.25, -0.2) is 0 Å². The van der Waals surface area contributed by atoms with Crippen molar-refractivity contribution in [1.82, 2.24) is 19.6 Å². The molecule has 28 heavy (non-hydrogen) atoms. The third kappa shape index (κ3) is 4.57. The Kier molecular flexibility index (Phi) is 6.10. The summed E-state index contributed by atoms with van der Waals surface area (Å²) < 4.78 is 3.59. The lowest BCUT2D eigenvalue weighted by atomic mass is 10.2. The average molecular weight is 468 g/mol. The Morgan fingerprint density at radius 1 is 1.36 bits per heavy atom. The first kappa shape index (κ1) is 20.0.